The number of aromatic nitrogens is 2. The quantitative estimate of drug-likeness (QED) is 0.662. The summed E-state index contributed by atoms with van der Waals surface area (Å²) < 4.78 is 13.1. The Kier molecular flexibility index (Phi) is 5.28. The molecule has 2 aromatic carbocycles. The Morgan fingerprint density at radius 2 is 1.87 bits per heavy atom. The van der Waals surface area contributed by atoms with Crippen LogP contribution in [0.25, 0.3) is 11.0 Å². The van der Waals surface area contributed by atoms with E-state index in [1.54, 1.807) is 9.47 Å². The summed E-state index contributed by atoms with van der Waals surface area (Å²) in [6, 6.07) is 15.8. The molecule has 1 saturated heterocycles. The predicted molar refractivity (Wildman–Crippen MR) is 117 cm³/mol. The highest BCUT2D eigenvalue weighted by molar-refractivity contribution is 5.79. The van der Waals surface area contributed by atoms with E-state index in [2.05, 4.69) is 11.1 Å². The first kappa shape index (κ1) is 19.9. The van der Waals surface area contributed by atoms with Crippen molar-refractivity contribution in [1.29, 1.82) is 0 Å². The summed E-state index contributed by atoms with van der Waals surface area (Å²) in [6.07, 6.45) is 1.94. The molecule has 2 heterocycles. The van der Waals surface area contributed by atoms with Gasteiger partial charge in [-0.15, -0.1) is 0 Å². The Balaban J connectivity index is 1.04. The lowest BCUT2D eigenvalue weighted by atomic mass is 9.71. The van der Waals surface area contributed by atoms with Crippen LogP contribution in [0.15, 0.2) is 53.3 Å². The van der Waals surface area contributed by atoms with Crippen LogP contribution in [0.1, 0.15) is 29.9 Å². The number of nitrogens with one attached hydrogen (secondary N) is 1. The van der Waals surface area contributed by atoms with Gasteiger partial charge in [-0.25, -0.2) is 9.59 Å². The summed E-state index contributed by atoms with van der Waals surface area (Å²) in [5.41, 5.74) is 4.07. The summed E-state index contributed by atoms with van der Waals surface area (Å²) in [7, 11) is 1.82. The fraction of sp³-hybridized carbons (Fsp3) is 0.417. The van der Waals surface area contributed by atoms with Gasteiger partial charge in [-0.05, 0) is 41.9 Å². The molecule has 7 nitrogen and oxygen atoms in total. The number of imidazole rings is 1. The zero-order chi connectivity index (χ0) is 21.4. The molecule has 7 heteroatoms. The Bertz CT molecular complexity index is 1120. The number of H-pyrrole nitrogens is 1. The number of likely N-dealkylation sites (tertiary alicyclic amines) is 1. The van der Waals surface area contributed by atoms with Gasteiger partial charge in [0, 0.05) is 13.7 Å². The maximum absolute atomic E-state index is 12.1. The van der Waals surface area contributed by atoms with Gasteiger partial charge in [0.1, 0.15) is 6.61 Å². The second-order valence-electron chi connectivity index (χ2n) is 8.67. The lowest BCUT2D eigenvalue weighted by Crippen LogP contribution is -2.55. The van der Waals surface area contributed by atoms with Gasteiger partial charge in [0.25, 0.3) is 0 Å². The Hall–Kier alpha value is -3.06. The van der Waals surface area contributed by atoms with Crippen LogP contribution < -0.4 is 5.69 Å². The first-order valence-electron chi connectivity index (χ1n) is 10.8. The van der Waals surface area contributed by atoms with Gasteiger partial charge in [0.2, 0.25) is 0 Å². The van der Waals surface area contributed by atoms with Crippen molar-refractivity contribution in [3.8, 4) is 0 Å². The van der Waals surface area contributed by atoms with Crippen LogP contribution in [0.3, 0.4) is 0 Å². The summed E-state index contributed by atoms with van der Waals surface area (Å²) in [4.78, 5) is 28.6. The lowest BCUT2D eigenvalue weighted by Gasteiger charge is -2.41. The van der Waals surface area contributed by atoms with Gasteiger partial charge < -0.3 is 19.4 Å². The van der Waals surface area contributed by atoms with E-state index in [0.717, 1.165) is 36.0 Å². The van der Waals surface area contributed by atoms with Crippen molar-refractivity contribution < 1.29 is 14.3 Å². The molecule has 1 aliphatic carbocycles. The summed E-state index contributed by atoms with van der Waals surface area (Å²) in [5, 5.41) is 0. The molecule has 1 aromatic heterocycles. The minimum atomic E-state index is -0.280. The monoisotopic (exact) mass is 421 g/mol. The smallest absolute Gasteiger partial charge is 0.410 e. The van der Waals surface area contributed by atoms with Crippen molar-refractivity contribution in [2.45, 2.75) is 31.5 Å². The molecular formula is C24H27N3O4. The number of nitrogens with zero attached hydrogens (tertiary/aromatic N) is 2. The standard InChI is InChI=1S/C24H27N3O4/c1-26-22-20(8-5-9-21(22)25-23(26)28)18-10-17(11-18)15-30-19-12-27(13-19)24(29)31-14-16-6-3-2-4-7-16/h2-9,17-19H,10-15H2,1H3,(H,25,28). The number of fused-ring (bicyclic) bond motifs is 1. The second kappa shape index (κ2) is 8.23. The molecule has 162 valence electrons. The van der Waals surface area contributed by atoms with Crippen LogP contribution in [0, 0.1) is 5.92 Å². The van der Waals surface area contributed by atoms with Crippen molar-refractivity contribution in [2.75, 3.05) is 19.7 Å². The maximum Gasteiger partial charge on any atom is 0.410 e. The number of para-hydroxylation sites is 1. The average Bonchev–Trinajstić information content (AvgIpc) is 3.01. The molecule has 0 spiro atoms. The summed E-state index contributed by atoms with van der Waals surface area (Å²) in [6.45, 7) is 2.20. The SMILES string of the molecule is Cn1c(=O)[nH]c2cccc(C3CC(COC4CN(C(=O)OCc5ccccc5)C4)C3)c21. The molecule has 0 unspecified atom stereocenters. The zero-order valence-electron chi connectivity index (χ0n) is 17.6. The number of aryl methyl sites for hydroxylation is 1. The fourth-order valence-electron chi connectivity index (χ4n) is 4.57. The largest absolute Gasteiger partial charge is 0.445 e. The van der Waals surface area contributed by atoms with Crippen molar-refractivity contribution in [2.24, 2.45) is 13.0 Å². The van der Waals surface area contributed by atoms with Crippen LogP contribution in [0.4, 0.5) is 4.79 Å². The Labute approximate surface area is 180 Å². The lowest BCUT2D eigenvalue weighted by molar-refractivity contribution is -0.0705. The van der Waals surface area contributed by atoms with Crippen LogP contribution >= 0.6 is 0 Å². The van der Waals surface area contributed by atoms with Crippen LogP contribution in [-0.2, 0) is 23.1 Å². The molecule has 0 radical (unpaired) electrons. The van der Waals surface area contributed by atoms with Crippen molar-refractivity contribution in [1.82, 2.24) is 14.5 Å². The second-order valence-corrected chi connectivity index (χ2v) is 8.67. The number of hydrogen-bond acceptors (Lipinski definition) is 4. The zero-order valence-corrected chi connectivity index (χ0v) is 17.6. The normalized spacial score (nSPS) is 21.0. The molecule has 2 aliphatic rings. The van der Waals surface area contributed by atoms with Gasteiger partial charge in [-0.3, -0.25) is 4.57 Å². The first-order chi connectivity index (χ1) is 15.1. The number of rotatable bonds is 6. The summed E-state index contributed by atoms with van der Waals surface area (Å²) >= 11 is 0. The topological polar surface area (TPSA) is 76.6 Å². The number of benzene rings is 2. The first-order valence-corrected chi connectivity index (χ1v) is 10.8. The van der Waals surface area contributed by atoms with Crippen LogP contribution in [0.2, 0.25) is 0 Å². The van der Waals surface area contributed by atoms with E-state index >= 15 is 0 Å². The molecule has 1 amide bonds. The molecule has 2 fully saturated rings. The average molecular weight is 421 g/mol. The third kappa shape index (κ3) is 3.97. The third-order valence-corrected chi connectivity index (χ3v) is 6.50. The highest BCUT2D eigenvalue weighted by Crippen LogP contribution is 2.43. The molecule has 3 aromatic rings. The Morgan fingerprint density at radius 1 is 1.10 bits per heavy atom. The van der Waals surface area contributed by atoms with Gasteiger partial charge >= 0.3 is 11.8 Å². The molecule has 31 heavy (non-hydrogen) atoms. The van der Waals surface area contributed by atoms with Gasteiger partial charge in [0.15, 0.2) is 0 Å². The van der Waals surface area contributed by atoms with E-state index in [1.165, 1.54) is 5.56 Å². The number of aromatic amines is 1. The third-order valence-electron chi connectivity index (χ3n) is 6.50. The van der Waals surface area contributed by atoms with Crippen molar-refractivity contribution >= 4 is 17.1 Å². The van der Waals surface area contributed by atoms with Crippen LogP contribution in [0.5, 0.6) is 0 Å². The fourth-order valence-corrected chi connectivity index (χ4v) is 4.57. The van der Waals surface area contributed by atoms with Crippen molar-refractivity contribution in [3.63, 3.8) is 0 Å². The number of carbonyl (C=O) groups excluding carboxylic acids is 1. The molecule has 5 rings (SSSR count). The molecule has 0 atom stereocenters. The Morgan fingerprint density at radius 3 is 2.65 bits per heavy atom. The number of carbonyl (C=O) groups is 1. The van der Waals surface area contributed by atoms with E-state index in [-0.39, 0.29) is 17.9 Å². The number of ether oxygens (including phenoxy) is 2. The van der Waals surface area contributed by atoms with E-state index in [4.69, 9.17) is 9.47 Å². The van der Waals surface area contributed by atoms with Gasteiger partial charge in [0.05, 0.1) is 30.2 Å². The molecule has 1 saturated carbocycles. The maximum atomic E-state index is 12.1. The van der Waals surface area contributed by atoms with E-state index < -0.39 is 0 Å². The molecule has 1 N–H and O–H groups in total. The van der Waals surface area contributed by atoms with Crippen molar-refractivity contribution in [3.05, 3.63) is 70.1 Å². The number of hydrogen-bond donors (Lipinski definition) is 1. The van der Waals surface area contributed by atoms with E-state index in [9.17, 15) is 9.59 Å². The number of amides is 1. The van der Waals surface area contributed by atoms with E-state index in [1.807, 2.05) is 49.5 Å². The van der Waals surface area contributed by atoms with E-state index in [0.29, 0.717) is 31.5 Å². The molecule has 1 aliphatic heterocycles. The highest BCUT2D eigenvalue weighted by atomic mass is 16.6. The van der Waals surface area contributed by atoms with Gasteiger partial charge in [-0.2, -0.15) is 0 Å². The summed E-state index contributed by atoms with van der Waals surface area (Å²) in [5.74, 6) is 0.986. The van der Waals surface area contributed by atoms with Gasteiger partial charge in [-0.1, -0.05) is 42.5 Å². The minimum Gasteiger partial charge on any atom is -0.445 e. The molecular weight excluding hydrogens is 394 g/mol. The highest BCUT2D eigenvalue weighted by Gasteiger charge is 2.36. The molecule has 0 bridgehead atoms. The predicted octanol–water partition coefficient (Wildman–Crippen LogP) is 3.40. The minimum absolute atomic E-state index is 0.0708. The van der Waals surface area contributed by atoms with Crippen LogP contribution in [-0.4, -0.2) is 46.3 Å².